The Kier molecular flexibility index (Phi) is 2.97. The second-order valence-corrected chi connectivity index (χ2v) is 3.86. The zero-order valence-electron chi connectivity index (χ0n) is 8.34. The molecule has 1 fully saturated rings. The summed E-state index contributed by atoms with van der Waals surface area (Å²) in [6, 6.07) is 3.75. The van der Waals surface area contributed by atoms with E-state index >= 15 is 0 Å². The van der Waals surface area contributed by atoms with Gasteiger partial charge in [0.1, 0.15) is 19.8 Å². The van der Waals surface area contributed by atoms with Gasteiger partial charge in [-0.3, -0.25) is 4.98 Å². The number of nitrogens with zero attached hydrogens (tertiary/aromatic N) is 1. The number of hydrogen-bond donors (Lipinski definition) is 3. The maximum absolute atomic E-state index is 9.19. The van der Waals surface area contributed by atoms with Crippen LogP contribution in [0.3, 0.4) is 0 Å². The number of aliphatic hydroxyl groups excluding tert-OH is 2. The second kappa shape index (κ2) is 4.24. The Morgan fingerprint density at radius 3 is 2.87 bits per heavy atom. The third-order valence-corrected chi connectivity index (χ3v) is 2.70. The summed E-state index contributed by atoms with van der Waals surface area (Å²) in [7, 11) is 0. The van der Waals surface area contributed by atoms with Crippen LogP contribution in [0.25, 0.3) is 0 Å². The Hall–Kier alpha value is -1.01. The molecule has 15 heavy (non-hydrogen) atoms. The quantitative estimate of drug-likeness (QED) is 0.562. The van der Waals surface area contributed by atoms with Crippen molar-refractivity contribution in [2.24, 2.45) is 0 Å². The normalized spacial score (nSPS) is 24.3. The van der Waals surface area contributed by atoms with Crippen LogP contribution in [-0.4, -0.2) is 40.6 Å². The van der Waals surface area contributed by atoms with Gasteiger partial charge in [-0.05, 0) is 12.1 Å². The van der Waals surface area contributed by atoms with Crippen LogP contribution in [0.15, 0.2) is 24.5 Å². The summed E-state index contributed by atoms with van der Waals surface area (Å²) in [5.74, 6) is 0. The van der Waals surface area contributed by atoms with Gasteiger partial charge in [0, 0.05) is 12.4 Å². The fourth-order valence-corrected chi connectivity index (χ4v) is 1.66. The van der Waals surface area contributed by atoms with E-state index in [0.29, 0.717) is 6.61 Å². The first-order valence-corrected chi connectivity index (χ1v) is 4.89. The second-order valence-electron chi connectivity index (χ2n) is 3.86. The van der Waals surface area contributed by atoms with Crippen molar-refractivity contribution < 1.29 is 20.3 Å². The highest BCUT2D eigenvalue weighted by molar-refractivity contribution is 5.10. The monoisotopic (exact) mass is 211 g/mol. The lowest BCUT2D eigenvalue weighted by Gasteiger charge is -2.19. The summed E-state index contributed by atoms with van der Waals surface area (Å²) >= 11 is 0. The fraction of sp³-hybridized carbons (Fsp3) is 0.500. The summed E-state index contributed by atoms with van der Waals surface area (Å²) in [6.45, 7) is 0.153. The van der Waals surface area contributed by atoms with Gasteiger partial charge in [-0.1, -0.05) is 0 Å². The highest BCUT2D eigenvalue weighted by Crippen LogP contribution is 2.17. The molecule has 0 aliphatic carbocycles. The maximum atomic E-state index is 9.19. The van der Waals surface area contributed by atoms with E-state index in [1.165, 1.54) is 0 Å². The van der Waals surface area contributed by atoms with Gasteiger partial charge in [0.15, 0.2) is 5.54 Å². The van der Waals surface area contributed by atoms with Crippen molar-refractivity contribution in [3.8, 4) is 0 Å². The Labute approximate surface area is 87.7 Å². The minimum atomic E-state index is -0.611. The number of pyridine rings is 1. The summed E-state index contributed by atoms with van der Waals surface area (Å²) in [5, 5.41) is 20.2. The smallest absolute Gasteiger partial charge is 0.219 e. The predicted molar refractivity (Wildman–Crippen MR) is 51.8 cm³/mol. The lowest BCUT2D eigenvalue weighted by Crippen LogP contribution is -2.97. The van der Waals surface area contributed by atoms with Crippen molar-refractivity contribution in [3.05, 3.63) is 30.1 Å². The zero-order valence-corrected chi connectivity index (χ0v) is 8.34. The molecule has 0 bridgehead atoms. The average Bonchev–Trinajstić information content (AvgIpc) is 2.75. The first-order chi connectivity index (χ1) is 7.29. The minimum absolute atomic E-state index is 0.0970. The molecule has 0 amide bonds. The molecule has 1 aromatic rings. The van der Waals surface area contributed by atoms with Crippen molar-refractivity contribution in [1.29, 1.82) is 0 Å². The van der Waals surface area contributed by atoms with Crippen LogP contribution in [0.5, 0.6) is 0 Å². The van der Waals surface area contributed by atoms with E-state index in [1.54, 1.807) is 12.4 Å². The highest BCUT2D eigenvalue weighted by Gasteiger charge is 2.43. The minimum Gasteiger partial charge on any atom is -0.390 e. The Bertz CT molecular complexity index is 314. The first kappa shape index (κ1) is 10.5. The predicted octanol–water partition coefficient (Wildman–Crippen LogP) is -1.60. The number of hydrogen-bond acceptors (Lipinski definition) is 4. The van der Waals surface area contributed by atoms with Gasteiger partial charge in [0.2, 0.25) is 6.23 Å². The van der Waals surface area contributed by atoms with Crippen molar-refractivity contribution in [3.63, 3.8) is 0 Å². The van der Waals surface area contributed by atoms with Gasteiger partial charge in [-0.25, -0.2) is 0 Å². The third-order valence-electron chi connectivity index (χ3n) is 2.70. The number of aliphatic hydroxyl groups is 2. The van der Waals surface area contributed by atoms with Crippen molar-refractivity contribution in [1.82, 2.24) is 4.98 Å². The molecule has 1 aliphatic heterocycles. The molecule has 5 heteroatoms. The molecule has 5 nitrogen and oxygen atoms in total. The molecule has 0 saturated carbocycles. The highest BCUT2D eigenvalue weighted by atomic mass is 16.5. The molecule has 2 rings (SSSR count). The van der Waals surface area contributed by atoms with Crippen LogP contribution < -0.4 is 5.32 Å². The fourth-order valence-electron chi connectivity index (χ4n) is 1.66. The third kappa shape index (κ3) is 2.00. The molecule has 2 heterocycles. The largest absolute Gasteiger partial charge is 0.390 e. The lowest BCUT2D eigenvalue weighted by molar-refractivity contribution is -0.758. The SMILES string of the molecule is OCC1(CO)CO[C@H](c2cccnc2)[NH2+]1. The average molecular weight is 211 g/mol. The molecular weight excluding hydrogens is 196 g/mol. The van der Waals surface area contributed by atoms with Crippen molar-refractivity contribution in [2.75, 3.05) is 19.8 Å². The number of quaternary nitrogens is 1. The first-order valence-electron chi connectivity index (χ1n) is 4.89. The Morgan fingerprint density at radius 2 is 2.33 bits per heavy atom. The van der Waals surface area contributed by atoms with Crippen LogP contribution >= 0.6 is 0 Å². The van der Waals surface area contributed by atoms with Crippen LogP contribution in [0.4, 0.5) is 0 Å². The van der Waals surface area contributed by atoms with E-state index in [4.69, 9.17) is 4.74 Å². The topological polar surface area (TPSA) is 79.2 Å². The standard InChI is InChI=1S/C10H14N2O3/c13-5-10(6-14)7-15-9(12-10)8-2-1-3-11-4-8/h1-4,9,12-14H,5-7H2/p+1/t9-/m1/s1. The van der Waals surface area contributed by atoms with E-state index in [9.17, 15) is 10.2 Å². The number of aromatic nitrogens is 1. The van der Waals surface area contributed by atoms with E-state index < -0.39 is 5.54 Å². The summed E-state index contributed by atoms with van der Waals surface area (Å²) in [6.07, 6.45) is 3.24. The molecule has 0 aromatic carbocycles. The van der Waals surface area contributed by atoms with Crippen LogP contribution in [0.1, 0.15) is 11.8 Å². The molecular formula is C10H15N2O3+. The number of ether oxygens (including phenoxy) is 1. The lowest BCUT2D eigenvalue weighted by atomic mass is 10.0. The van der Waals surface area contributed by atoms with Gasteiger partial charge in [0.05, 0.1) is 5.56 Å². The molecule has 1 aliphatic rings. The summed E-state index contributed by atoms with van der Waals surface area (Å²) in [5.41, 5.74) is 0.335. The molecule has 0 unspecified atom stereocenters. The zero-order chi connectivity index (χ0) is 10.7. The van der Waals surface area contributed by atoms with Crippen LogP contribution in [-0.2, 0) is 4.74 Å². The summed E-state index contributed by atoms with van der Waals surface area (Å²) in [4.78, 5) is 4.00. The van der Waals surface area contributed by atoms with E-state index in [-0.39, 0.29) is 19.4 Å². The molecule has 1 atom stereocenters. The Balaban J connectivity index is 2.10. The number of rotatable bonds is 3. The Morgan fingerprint density at radius 1 is 1.53 bits per heavy atom. The molecule has 0 spiro atoms. The van der Waals surface area contributed by atoms with Crippen molar-refractivity contribution in [2.45, 2.75) is 11.8 Å². The molecule has 0 radical (unpaired) electrons. The number of nitrogens with two attached hydrogens (primary N) is 1. The van der Waals surface area contributed by atoms with Crippen LogP contribution in [0.2, 0.25) is 0 Å². The molecule has 82 valence electrons. The van der Waals surface area contributed by atoms with E-state index in [2.05, 4.69) is 4.98 Å². The maximum Gasteiger partial charge on any atom is 0.219 e. The van der Waals surface area contributed by atoms with Gasteiger partial charge >= 0.3 is 0 Å². The molecule has 1 aromatic heterocycles. The van der Waals surface area contributed by atoms with Gasteiger partial charge in [0.25, 0.3) is 0 Å². The van der Waals surface area contributed by atoms with Crippen molar-refractivity contribution >= 4 is 0 Å². The van der Waals surface area contributed by atoms with E-state index in [0.717, 1.165) is 5.56 Å². The molecule has 1 saturated heterocycles. The summed E-state index contributed by atoms with van der Waals surface area (Å²) < 4.78 is 5.52. The van der Waals surface area contributed by atoms with E-state index in [1.807, 2.05) is 17.4 Å². The van der Waals surface area contributed by atoms with Gasteiger partial charge in [-0.2, -0.15) is 0 Å². The van der Waals surface area contributed by atoms with Gasteiger partial charge < -0.3 is 20.3 Å². The molecule has 4 N–H and O–H groups in total. The van der Waals surface area contributed by atoms with Gasteiger partial charge in [-0.15, -0.1) is 0 Å². The van der Waals surface area contributed by atoms with Crippen LogP contribution in [0, 0.1) is 0 Å².